The van der Waals surface area contributed by atoms with Crippen molar-refractivity contribution < 1.29 is 9.53 Å². The molecule has 2 heteroatoms. The van der Waals surface area contributed by atoms with Crippen molar-refractivity contribution in [3.8, 4) is 5.75 Å². The first kappa shape index (κ1) is 12.9. The molecule has 0 aliphatic carbocycles. The number of benzene rings is 1. The highest BCUT2D eigenvalue weighted by molar-refractivity contribution is 5.95. The van der Waals surface area contributed by atoms with Gasteiger partial charge in [-0.15, -0.1) is 0 Å². The maximum Gasteiger partial charge on any atom is 0.158 e. The second kappa shape index (κ2) is 5.85. The van der Waals surface area contributed by atoms with E-state index < -0.39 is 0 Å². The zero-order valence-electron chi connectivity index (χ0n) is 11.2. The first-order chi connectivity index (χ1) is 8.74. The predicted octanol–water partition coefficient (Wildman–Crippen LogP) is 3.48. The number of Topliss-reactive ketones (excluding diaryl/α,β-unsaturated/α-hetero) is 1. The Morgan fingerprint density at radius 3 is 3.00 bits per heavy atom. The summed E-state index contributed by atoms with van der Waals surface area (Å²) >= 11 is 0. The second-order valence-electron chi connectivity index (χ2n) is 4.63. The van der Waals surface area contributed by atoms with Crippen LogP contribution >= 0.6 is 0 Å². The molecule has 18 heavy (non-hydrogen) atoms. The highest BCUT2D eigenvalue weighted by Gasteiger charge is 2.13. The van der Waals surface area contributed by atoms with Gasteiger partial charge in [-0.05, 0) is 42.5 Å². The van der Waals surface area contributed by atoms with Gasteiger partial charge in [0.05, 0.1) is 6.61 Å². The first-order valence-electron chi connectivity index (χ1n) is 6.67. The molecule has 1 heterocycles. The third-order valence-electron chi connectivity index (χ3n) is 3.48. The summed E-state index contributed by atoms with van der Waals surface area (Å²) in [5, 5.41) is 0. The monoisotopic (exact) mass is 244 g/mol. The average molecular weight is 244 g/mol. The number of carbonyl (C=O) groups is 1. The molecular formula is C16H20O2. The van der Waals surface area contributed by atoms with Gasteiger partial charge in [0, 0.05) is 12.8 Å². The van der Waals surface area contributed by atoms with Crippen LogP contribution in [0.3, 0.4) is 0 Å². The van der Waals surface area contributed by atoms with Crippen molar-refractivity contribution in [3.63, 3.8) is 0 Å². The Kier molecular flexibility index (Phi) is 4.19. The molecule has 96 valence electrons. The maximum atomic E-state index is 11.9. The lowest BCUT2D eigenvalue weighted by atomic mass is 9.99. The molecule has 0 aromatic heterocycles. The van der Waals surface area contributed by atoms with Crippen molar-refractivity contribution >= 4 is 5.78 Å². The van der Waals surface area contributed by atoms with Crippen LogP contribution in [0.1, 0.15) is 37.8 Å². The van der Waals surface area contributed by atoms with Crippen LogP contribution in [0.5, 0.6) is 5.75 Å². The van der Waals surface area contributed by atoms with Crippen molar-refractivity contribution in [3.05, 3.63) is 41.0 Å². The lowest BCUT2D eigenvalue weighted by Crippen LogP contribution is -2.03. The zero-order chi connectivity index (χ0) is 13.0. The summed E-state index contributed by atoms with van der Waals surface area (Å²) in [6.07, 6.45) is 5.18. The molecule has 0 fully saturated rings. The zero-order valence-corrected chi connectivity index (χ0v) is 11.2. The highest BCUT2D eigenvalue weighted by Crippen LogP contribution is 2.26. The van der Waals surface area contributed by atoms with E-state index in [4.69, 9.17) is 4.74 Å². The van der Waals surface area contributed by atoms with Gasteiger partial charge in [0.2, 0.25) is 0 Å². The summed E-state index contributed by atoms with van der Waals surface area (Å²) in [4.78, 5) is 11.9. The molecule has 1 aliphatic heterocycles. The van der Waals surface area contributed by atoms with E-state index in [0.717, 1.165) is 37.2 Å². The van der Waals surface area contributed by atoms with Crippen molar-refractivity contribution in [2.24, 2.45) is 0 Å². The number of allylic oxidation sites excluding steroid dienone is 2. The minimum atomic E-state index is 0.275. The van der Waals surface area contributed by atoms with Gasteiger partial charge < -0.3 is 4.74 Å². The normalized spacial score (nSPS) is 14.2. The van der Waals surface area contributed by atoms with Gasteiger partial charge in [-0.2, -0.15) is 0 Å². The number of fused-ring (bicyclic) bond motifs is 1. The first-order valence-corrected chi connectivity index (χ1v) is 6.67. The third-order valence-corrected chi connectivity index (χ3v) is 3.48. The Morgan fingerprint density at radius 1 is 1.44 bits per heavy atom. The van der Waals surface area contributed by atoms with Crippen LogP contribution in [0.4, 0.5) is 0 Å². The van der Waals surface area contributed by atoms with E-state index in [1.165, 1.54) is 11.1 Å². The smallest absolute Gasteiger partial charge is 0.158 e. The molecule has 0 saturated heterocycles. The number of aryl methyl sites for hydroxylation is 1. The molecule has 2 nitrogen and oxygen atoms in total. The number of hydrogen-bond acceptors (Lipinski definition) is 2. The lowest BCUT2D eigenvalue weighted by Gasteiger charge is -2.05. The van der Waals surface area contributed by atoms with Crippen LogP contribution in [0.25, 0.3) is 0 Å². The van der Waals surface area contributed by atoms with E-state index in [-0.39, 0.29) is 5.78 Å². The summed E-state index contributed by atoms with van der Waals surface area (Å²) in [5.41, 5.74) is 3.46. The fraction of sp³-hybridized carbons (Fsp3) is 0.438. The van der Waals surface area contributed by atoms with E-state index in [1.54, 1.807) is 0 Å². The van der Waals surface area contributed by atoms with E-state index in [0.29, 0.717) is 6.42 Å². The molecule has 0 bridgehead atoms. The number of ether oxygens (including phenoxy) is 1. The fourth-order valence-electron chi connectivity index (χ4n) is 2.38. The largest absolute Gasteiger partial charge is 0.493 e. The van der Waals surface area contributed by atoms with E-state index in [2.05, 4.69) is 12.1 Å². The number of ketones is 1. The summed E-state index contributed by atoms with van der Waals surface area (Å²) in [5.74, 6) is 1.28. The molecule has 0 N–H and O–H groups in total. The van der Waals surface area contributed by atoms with Gasteiger partial charge in [0.15, 0.2) is 5.78 Å². The van der Waals surface area contributed by atoms with Crippen molar-refractivity contribution in [2.75, 3.05) is 6.61 Å². The van der Waals surface area contributed by atoms with Gasteiger partial charge in [0.1, 0.15) is 5.75 Å². The van der Waals surface area contributed by atoms with Gasteiger partial charge in [-0.3, -0.25) is 4.79 Å². The summed E-state index contributed by atoms with van der Waals surface area (Å²) in [6, 6.07) is 6.27. The summed E-state index contributed by atoms with van der Waals surface area (Å²) in [7, 11) is 0. The van der Waals surface area contributed by atoms with Crippen LogP contribution in [-0.2, 0) is 17.6 Å². The molecular weight excluding hydrogens is 224 g/mol. The van der Waals surface area contributed by atoms with Gasteiger partial charge in [-0.1, -0.05) is 25.1 Å². The molecule has 0 atom stereocenters. The van der Waals surface area contributed by atoms with Gasteiger partial charge >= 0.3 is 0 Å². The summed E-state index contributed by atoms with van der Waals surface area (Å²) in [6.45, 7) is 4.75. The van der Waals surface area contributed by atoms with Crippen molar-refractivity contribution in [1.29, 1.82) is 0 Å². The number of hydrogen-bond donors (Lipinski definition) is 0. The van der Waals surface area contributed by atoms with E-state index >= 15 is 0 Å². The minimum Gasteiger partial charge on any atom is -0.493 e. The maximum absolute atomic E-state index is 11.9. The van der Waals surface area contributed by atoms with Crippen molar-refractivity contribution in [1.82, 2.24) is 0 Å². The SMILES string of the molecule is C/C=C(/CC)C(=O)CCc1ccc2c(c1)CCO2. The molecule has 2 rings (SSSR count). The lowest BCUT2D eigenvalue weighted by molar-refractivity contribution is -0.115. The fourth-order valence-corrected chi connectivity index (χ4v) is 2.38. The summed E-state index contributed by atoms with van der Waals surface area (Å²) < 4.78 is 5.48. The van der Waals surface area contributed by atoms with Crippen molar-refractivity contribution in [2.45, 2.75) is 39.5 Å². The van der Waals surface area contributed by atoms with E-state index in [9.17, 15) is 4.79 Å². The molecule has 0 amide bonds. The molecule has 1 aromatic rings. The third kappa shape index (κ3) is 2.81. The topological polar surface area (TPSA) is 26.3 Å². The standard InChI is InChI=1S/C16H20O2/c1-3-13(4-2)15(17)7-5-12-6-8-16-14(11-12)9-10-18-16/h3,6,8,11H,4-5,7,9-10H2,1-2H3/b13-3-. The Hall–Kier alpha value is -1.57. The Bertz CT molecular complexity index is 472. The number of rotatable bonds is 5. The van der Waals surface area contributed by atoms with Crippen LogP contribution in [0.2, 0.25) is 0 Å². The van der Waals surface area contributed by atoms with Crippen LogP contribution in [-0.4, -0.2) is 12.4 Å². The number of carbonyl (C=O) groups excluding carboxylic acids is 1. The quantitative estimate of drug-likeness (QED) is 0.741. The Morgan fingerprint density at radius 2 is 2.28 bits per heavy atom. The van der Waals surface area contributed by atoms with Gasteiger partial charge in [-0.25, -0.2) is 0 Å². The van der Waals surface area contributed by atoms with E-state index in [1.807, 2.05) is 26.0 Å². The van der Waals surface area contributed by atoms with Crippen LogP contribution < -0.4 is 4.74 Å². The molecule has 0 spiro atoms. The molecule has 1 aliphatic rings. The second-order valence-corrected chi connectivity index (χ2v) is 4.63. The predicted molar refractivity (Wildman–Crippen MR) is 73.0 cm³/mol. The van der Waals surface area contributed by atoms with Crippen LogP contribution in [0, 0.1) is 0 Å². The molecule has 0 unspecified atom stereocenters. The average Bonchev–Trinajstić information content (AvgIpc) is 2.85. The highest BCUT2D eigenvalue weighted by atomic mass is 16.5. The molecule has 0 saturated carbocycles. The van der Waals surface area contributed by atoms with Crippen LogP contribution in [0.15, 0.2) is 29.8 Å². The molecule has 1 aromatic carbocycles. The van der Waals surface area contributed by atoms with Gasteiger partial charge in [0.25, 0.3) is 0 Å². The minimum absolute atomic E-state index is 0.275. The Labute approximate surface area is 109 Å². The Balaban J connectivity index is 1.96. The molecule has 0 radical (unpaired) electrons.